The predicted octanol–water partition coefficient (Wildman–Crippen LogP) is 2.20. The molecule has 0 bridgehead atoms. The maximum absolute atomic E-state index is 11.8. The molecule has 7 nitrogen and oxygen atoms in total. The first-order chi connectivity index (χ1) is 11.9. The first kappa shape index (κ1) is 18.7. The Morgan fingerprint density at radius 1 is 1.24 bits per heavy atom. The van der Waals surface area contributed by atoms with E-state index in [1.165, 1.54) is 0 Å². The molecule has 0 aliphatic rings. The maximum Gasteiger partial charge on any atom is 0.271 e. The Labute approximate surface area is 148 Å². The summed E-state index contributed by atoms with van der Waals surface area (Å²) in [6.45, 7) is 6.58. The van der Waals surface area contributed by atoms with Gasteiger partial charge in [0.15, 0.2) is 11.5 Å². The molecule has 0 fully saturated rings. The Balaban J connectivity index is 2.43. The van der Waals surface area contributed by atoms with Gasteiger partial charge in [0.1, 0.15) is 5.82 Å². The molecule has 0 radical (unpaired) electrons. The van der Waals surface area contributed by atoms with Crippen LogP contribution in [0.25, 0.3) is 0 Å². The van der Waals surface area contributed by atoms with Crippen LogP contribution < -0.4 is 22.1 Å². The molecular formula is C18H26N6O. The van der Waals surface area contributed by atoms with E-state index in [1.807, 2.05) is 45.0 Å². The van der Waals surface area contributed by atoms with E-state index < -0.39 is 5.91 Å². The van der Waals surface area contributed by atoms with Gasteiger partial charge < -0.3 is 22.1 Å². The summed E-state index contributed by atoms with van der Waals surface area (Å²) >= 11 is 0. The number of carbonyl (C=O) groups excluding carboxylic acids is 1. The number of aryl methyl sites for hydroxylation is 1. The van der Waals surface area contributed by atoms with Crippen molar-refractivity contribution in [3.63, 3.8) is 0 Å². The molecule has 2 aromatic rings. The molecule has 1 aromatic carbocycles. The number of carbonyl (C=O) groups is 1. The lowest BCUT2D eigenvalue weighted by Crippen LogP contribution is -2.21. The molecule has 0 saturated heterocycles. The maximum atomic E-state index is 11.8. The van der Waals surface area contributed by atoms with Crippen LogP contribution in [0.1, 0.15) is 42.5 Å². The lowest BCUT2D eigenvalue weighted by Gasteiger charge is -2.16. The Kier molecular flexibility index (Phi) is 6.30. The van der Waals surface area contributed by atoms with E-state index in [0.29, 0.717) is 30.3 Å². The highest BCUT2D eigenvalue weighted by molar-refractivity contribution is 5.96. The highest BCUT2D eigenvalue weighted by atomic mass is 16.1. The van der Waals surface area contributed by atoms with Gasteiger partial charge in [-0.1, -0.05) is 19.1 Å². The molecule has 25 heavy (non-hydrogen) atoms. The van der Waals surface area contributed by atoms with Crippen molar-refractivity contribution < 1.29 is 4.79 Å². The summed E-state index contributed by atoms with van der Waals surface area (Å²) in [7, 11) is 0. The van der Waals surface area contributed by atoms with Crippen LogP contribution in [-0.4, -0.2) is 28.5 Å². The van der Waals surface area contributed by atoms with Crippen LogP contribution in [0.4, 0.5) is 17.3 Å². The number of nitrogens with zero attached hydrogens (tertiary/aromatic N) is 2. The highest BCUT2D eigenvalue weighted by Gasteiger charge is 2.17. The van der Waals surface area contributed by atoms with Gasteiger partial charge >= 0.3 is 0 Å². The number of anilines is 3. The SMILES string of the molecule is CCc1nc(C(N)=O)c(Nc2cccc(CCN)c2)nc1NC(C)C. The van der Waals surface area contributed by atoms with Crippen molar-refractivity contribution in [2.45, 2.75) is 39.7 Å². The zero-order valence-corrected chi connectivity index (χ0v) is 15.0. The Morgan fingerprint density at radius 3 is 2.60 bits per heavy atom. The quantitative estimate of drug-likeness (QED) is 0.584. The van der Waals surface area contributed by atoms with Crippen molar-refractivity contribution in [1.29, 1.82) is 0 Å². The van der Waals surface area contributed by atoms with Crippen LogP contribution in [0.15, 0.2) is 24.3 Å². The third kappa shape index (κ3) is 4.90. The third-order valence-corrected chi connectivity index (χ3v) is 3.58. The number of amides is 1. The lowest BCUT2D eigenvalue weighted by molar-refractivity contribution is 0.0996. The highest BCUT2D eigenvalue weighted by Crippen LogP contribution is 2.23. The summed E-state index contributed by atoms with van der Waals surface area (Å²) in [6, 6.07) is 8.00. The second kappa shape index (κ2) is 8.43. The van der Waals surface area contributed by atoms with E-state index in [9.17, 15) is 4.79 Å². The summed E-state index contributed by atoms with van der Waals surface area (Å²) in [5.41, 5.74) is 13.9. The first-order valence-corrected chi connectivity index (χ1v) is 8.47. The van der Waals surface area contributed by atoms with E-state index in [-0.39, 0.29) is 11.7 Å². The van der Waals surface area contributed by atoms with Gasteiger partial charge in [-0.05, 0) is 50.9 Å². The van der Waals surface area contributed by atoms with Crippen molar-refractivity contribution in [3.8, 4) is 0 Å². The summed E-state index contributed by atoms with van der Waals surface area (Å²) < 4.78 is 0. The van der Waals surface area contributed by atoms with Crippen LogP contribution in [0.2, 0.25) is 0 Å². The fraction of sp³-hybridized carbons (Fsp3) is 0.389. The van der Waals surface area contributed by atoms with Crippen LogP contribution in [0, 0.1) is 0 Å². The number of rotatable bonds is 8. The van der Waals surface area contributed by atoms with Crippen molar-refractivity contribution in [3.05, 3.63) is 41.2 Å². The third-order valence-electron chi connectivity index (χ3n) is 3.58. The zero-order chi connectivity index (χ0) is 18.4. The van der Waals surface area contributed by atoms with Crippen LogP contribution in [0.5, 0.6) is 0 Å². The number of nitrogens with two attached hydrogens (primary N) is 2. The molecule has 0 aliphatic carbocycles. The van der Waals surface area contributed by atoms with Crippen molar-refractivity contribution in [2.24, 2.45) is 11.5 Å². The fourth-order valence-corrected chi connectivity index (χ4v) is 2.47. The van der Waals surface area contributed by atoms with Gasteiger partial charge in [-0.15, -0.1) is 0 Å². The van der Waals surface area contributed by atoms with E-state index in [0.717, 1.165) is 17.7 Å². The largest absolute Gasteiger partial charge is 0.366 e. The molecular weight excluding hydrogens is 316 g/mol. The summed E-state index contributed by atoms with van der Waals surface area (Å²) in [5, 5.41) is 6.43. The molecule has 0 unspecified atom stereocenters. The molecule has 2 rings (SSSR count). The van der Waals surface area contributed by atoms with Crippen molar-refractivity contribution >= 4 is 23.2 Å². The number of hydrogen-bond acceptors (Lipinski definition) is 6. The molecule has 0 atom stereocenters. The van der Waals surface area contributed by atoms with Crippen LogP contribution in [0.3, 0.4) is 0 Å². The molecule has 1 heterocycles. The Morgan fingerprint density at radius 2 is 2.00 bits per heavy atom. The molecule has 0 spiro atoms. The van der Waals surface area contributed by atoms with E-state index in [4.69, 9.17) is 11.5 Å². The second-order valence-electron chi connectivity index (χ2n) is 6.10. The molecule has 1 amide bonds. The van der Waals surface area contributed by atoms with E-state index in [2.05, 4.69) is 20.6 Å². The summed E-state index contributed by atoms with van der Waals surface area (Å²) in [6.07, 6.45) is 1.42. The van der Waals surface area contributed by atoms with E-state index in [1.54, 1.807) is 0 Å². The predicted molar refractivity (Wildman–Crippen MR) is 101 cm³/mol. The molecule has 6 N–H and O–H groups in total. The van der Waals surface area contributed by atoms with Crippen LogP contribution >= 0.6 is 0 Å². The summed E-state index contributed by atoms with van der Waals surface area (Å²) in [5.74, 6) is 0.389. The number of aromatic nitrogens is 2. The number of benzene rings is 1. The topological polar surface area (TPSA) is 119 Å². The van der Waals surface area contributed by atoms with Crippen molar-refractivity contribution in [2.75, 3.05) is 17.2 Å². The Hall–Kier alpha value is -2.67. The fourth-order valence-electron chi connectivity index (χ4n) is 2.47. The number of hydrogen-bond donors (Lipinski definition) is 4. The van der Waals surface area contributed by atoms with Gasteiger partial charge in [-0.25, -0.2) is 9.97 Å². The van der Waals surface area contributed by atoms with Gasteiger partial charge in [0.2, 0.25) is 0 Å². The second-order valence-corrected chi connectivity index (χ2v) is 6.10. The first-order valence-electron chi connectivity index (χ1n) is 8.47. The number of nitrogens with one attached hydrogen (secondary N) is 2. The minimum absolute atomic E-state index is 0.135. The van der Waals surface area contributed by atoms with Gasteiger partial charge in [0, 0.05) is 11.7 Å². The van der Waals surface area contributed by atoms with E-state index >= 15 is 0 Å². The Bertz CT molecular complexity index is 744. The monoisotopic (exact) mass is 342 g/mol. The molecule has 0 aliphatic heterocycles. The van der Waals surface area contributed by atoms with Crippen LogP contribution in [-0.2, 0) is 12.8 Å². The average Bonchev–Trinajstić information content (AvgIpc) is 2.55. The zero-order valence-electron chi connectivity index (χ0n) is 15.0. The lowest BCUT2D eigenvalue weighted by atomic mass is 10.1. The van der Waals surface area contributed by atoms with Gasteiger partial charge in [0.05, 0.1) is 5.69 Å². The summed E-state index contributed by atoms with van der Waals surface area (Å²) in [4.78, 5) is 20.8. The van der Waals surface area contributed by atoms with Gasteiger partial charge in [-0.2, -0.15) is 0 Å². The van der Waals surface area contributed by atoms with Gasteiger partial charge in [0.25, 0.3) is 5.91 Å². The minimum Gasteiger partial charge on any atom is -0.366 e. The molecule has 1 aromatic heterocycles. The smallest absolute Gasteiger partial charge is 0.271 e. The molecule has 7 heteroatoms. The molecule has 0 saturated carbocycles. The molecule has 134 valence electrons. The normalized spacial score (nSPS) is 10.8. The van der Waals surface area contributed by atoms with Gasteiger partial charge in [-0.3, -0.25) is 4.79 Å². The average molecular weight is 342 g/mol. The minimum atomic E-state index is -0.612. The van der Waals surface area contributed by atoms with Crippen molar-refractivity contribution in [1.82, 2.24) is 9.97 Å². The number of primary amides is 1. The standard InChI is InChI=1S/C18H26N6O/c1-4-14-17(21-11(2)3)24-18(15(23-14)16(20)25)22-13-7-5-6-12(10-13)8-9-19/h5-7,10-11H,4,8-9,19H2,1-3H3,(H2,20,25)(H2,21,22,24).